The zero-order valence-corrected chi connectivity index (χ0v) is 20.8. The van der Waals surface area contributed by atoms with Crippen LogP contribution in [-0.2, 0) is 14.4 Å². The summed E-state index contributed by atoms with van der Waals surface area (Å²) in [6, 6.07) is 16.4. The summed E-state index contributed by atoms with van der Waals surface area (Å²) in [4.78, 5) is 39.8. The molecule has 1 saturated heterocycles. The number of amides is 1. The number of aliphatic hydroxyl groups is 1. The molecule has 1 fully saturated rings. The molecule has 1 atom stereocenters. The van der Waals surface area contributed by atoms with Gasteiger partial charge in [0, 0.05) is 18.2 Å². The highest BCUT2D eigenvalue weighted by atomic mass is 16.5. The number of rotatable bonds is 5. The fourth-order valence-corrected chi connectivity index (χ4v) is 4.59. The molecule has 4 rings (SSSR count). The molecule has 3 aromatic rings. The molecule has 1 unspecified atom stereocenters. The Morgan fingerprint density at radius 2 is 1.61 bits per heavy atom. The molecule has 1 aliphatic heterocycles. The van der Waals surface area contributed by atoms with Gasteiger partial charge in [-0.2, -0.15) is 0 Å². The minimum Gasteiger partial charge on any atom is -0.507 e. The van der Waals surface area contributed by atoms with Crippen molar-refractivity contribution in [2.24, 2.45) is 0 Å². The number of nitrogens with zero attached hydrogens (tertiary/aromatic N) is 1. The number of aryl methyl sites for hydroxylation is 3. The largest absolute Gasteiger partial charge is 0.507 e. The van der Waals surface area contributed by atoms with Crippen LogP contribution in [0.25, 0.3) is 5.76 Å². The first-order valence-corrected chi connectivity index (χ1v) is 11.4. The fourth-order valence-electron chi connectivity index (χ4n) is 4.59. The summed E-state index contributed by atoms with van der Waals surface area (Å²) in [5.41, 5.74) is 3.93. The quantitative estimate of drug-likeness (QED) is 0.176. The molecule has 0 bridgehead atoms. The second kappa shape index (κ2) is 9.70. The van der Waals surface area contributed by atoms with Crippen LogP contribution in [0.15, 0.2) is 66.2 Å². The zero-order valence-electron chi connectivity index (χ0n) is 20.8. The highest BCUT2D eigenvalue weighted by molar-refractivity contribution is 6.51. The first kappa shape index (κ1) is 24.7. The van der Waals surface area contributed by atoms with E-state index in [2.05, 4.69) is 0 Å². The van der Waals surface area contributed by atoms with Crippen molar-refractivity contribution in [1.82, 2.24) is 0 Å². The Kier molecular flexibility index (Phi) is 6.66. The van der Waals surface area contributed by atoms with Crippen molar-refractivity contribution in [2.75, 3.05) is 12.0 Å². The molecule has 0 radical (unpaired) electrons. The SMILES string of the molecule is COc1ccc(/C(O)=C2\C(=O)C(=O)N(c3cc(C)cc(C)c3)C2c2cccc(OC(C)=O)c2)c(C)c1. The van der Waals surface area contributed by atoms with Crippen LogP contribution in [0.3, 0.4) is 0 Å². The number of anilines is 1. The third kappa shape index (κ3) is 4.60. The van der Waals surface area contributed by atoms with Gasteiger partial charge in [0.15, 0.2) is 0 Å². The van der Waals surface area contributed by atoms with Crippen molar-refractivity contribution in [1.29, 1.82) is 0 Å². The molecule has 1 heterocycles. The van der Waals surface area contributed by atoms with Crippen LogP contribution in [0.2, 0.25) is 0 Å². The average molecular weight is 486 g/mol. The number of esters is 1. The standard InChI is InChI=1S/C29H27NO6/c1-16-11-17(2)13-21(12-16)30-26(20-7-6-8-23(15-20)36-19(4)31)25(28(33)29(30)34)27(32)24-10-9-22(35-5)14-18(24)3/h6-15,26,32H,1-5H3/b27-25+. The number of hydrogen-bond acceptors (Lipinski definition) is 6. The third-order valence-electron chi connectivity index (χ3n) is 6.05. The zero-order chi connectivity index (χ0) is 26.1. The van der Waals surface area contributed by atoms with E-state index in [9.17, 15) is 19.5 Å². The van der Waals surface area contributed by atoms with Crippen molar-refractivity contribution >= 4 is 29.1 Å². The lowest BCUT2D eigenvalue weighted by Crippen LogP contribution is -2.29. The van der Waals surface area contributed by atoms with Crippen LogP contribution in [-0.4, -0.2) is 29.9 Å². The number of hydrogen-bond donors (Lipinski definition) is 1. The molecule has 0 aromatic heterocycles. The van der Waals surface area contributed by atoms with Crippen LogP contribution in [0.4, 0.5) is 5.69 Å². The van der Waals surface area contributed by atoms with Crippen LogP contribution in [0.1, 0.15) is 40.8 Å². The second-order valence-electron chi connectivity index (χ2n) is 8.86. The van der Waals surface area contributed by atoms with Crippen molar-refractivity contribution < 1.29 is 29.0 Å². The lowest BCUT2D eigenvalue weighted by molar-refractivity contribution is -0.132. The highest BCUT2D eigenvalue weighted by Crippen LogP contribution is 2.43. The van der Waals surface area contributed by atoms with Gasteiger partial charge in [-0.15, -0.1) is 0 Å². The van der Waals surface area contributed by atoms with Gasteiger partial charge >= 0.3 is 5.97 Å². The van der Waals surface area contributed by atoms with Gasteiger partial charge in [0.05, 0.1) is 18.7 Å². The minimum atomic E-state index is -0.941. The van der Waals surface area contributed by atoms with Gasteiger partial charge in [-0.1, -0.05) is 18.2 Å². The van der Waals surface area contributed by atoms with Crippen molar-refractivity contribution in [2.45, 2.75) is 33.7 Å². The predicted octanol–water partition coefficient (Wildman–Crippen LogP) is 5.17. The van der Waals surface area contributed by atoms with Crippen LogP contribution in [0.5, 0.6) is 11.5 Å². The molecular formula is C29H27NO6. The van der Waals surface area contributed by atoms with E-state index in [1.54, 1.807) is 56.5 Å². The summed E-state index contributed by atoms with van der Waals surface area (Å²) in [5, 5.41) is 11.4. The molecule has 184 valence electrons. The number of ketones is 1. The number of benzene rings is 3. The second-order valence-corrected chi connectivity index (χ2v) is 8.86. The predicted molar refractivity (Wildman–Crippen MR) is 136 cm³/mol. The van der Waals surface area contributed by atoms with E-state index in [1.807, 2.05) is 32.0 Å². The van der Waals surface area contributed by atoms with Crippen molar-refractivity contribution in [3.05, 3.63) is 94.1 Å². The van der Waals surface area contributed by atoms with Gasteiger partial charge in [0.1, 0.15) is 17.3 Å². The number of ether oxygens (including phenoxy) is 2. The Hall–Kier alpha value is -4.39. The van der Waals surface area contributed by atoms with E-state index >= 15 is 0 Å². The number of carbonyl (C=O) groups is 3. The Morgan fingerprint density at radius 3 is 2.22 bits per heavy atom. The van der Waals surface area contributed by atoms with Crippen molar-refractivity contribution in [3.8, 4) is 11.5 Å². The Balaban J connectivity index is 1.97. The average Bonchev–Trinajstić information content (AvgIpc) is 3.08. The summed E-state index contributed by atoms with van der Waals surface area (Å²) in [5.74, 6) is -1.47. The van der Waals surface area contributed by atoms with Gasteiger partial charge < -0.3 is 14.6 Å². The highest BCUT2D eigenvalue weighted by Gasteiger charge is 2.47. The molecule has 3 aromatic carbocycles. The molecule has 7 nitrogen and oxygen atoms in total. The summed E-state index contributed by atoms with van der Waals surface area (Å²) < 4.78 is 10.5. The van der Waals surface area contributed by atoms with E-state index in [4.69, 9.17) is 9.47 Å². The van der Waals surface area contributed by atoms with Gasteiger partial charge in [-0.25, -0.2) is 0 Å². The summed E-state index contributed by atoms with van der Waals surface area (Å²) in [6.07, 6.45) is 0. The molecule has 1 amide bonds. The normalized spacial score (nSPS) is 16.8. The van der Waals surface area contributed by atoms with Gasteiger partial charge in [-0.3, -0.25) is 19.3 Å². The molecular weight excluding hydrogens is 458 g/mol. The Morgan fingerprint density at radius 1 is 0.917 bits per heavy atom. The van der Waals surface area contributed by atoms with Crippen LogP contribution < -0.4 is 14.4 Å². The smallest absolute Gasteiger partial charge is 0.308 e. The third-order valence-corrected chi connectivity index (χ3v) is 6.05. The molecule has 1 N–H and O–H groups in total. The van der Waals surface area contributed by atoms with E-state index in [1.165, 1.54) is 11.8 Å². The summed E-state index contributed by atoms with van der Waals surface area (Å²) in [7, 11) is 1.54. The van der Waals surface area contributed by atoms with Gasteiger partial charge in [-0.05, 0) is 85.5 Å². The molecule has 0 saturated carbocycles. The van der Waals surface area contributed by atoms with E-state index < -0.39 is 23.7 Å². The Labute approximate surface area is 209 Å². The van der Waals surface area contributed by atoms with Gasteiger partial charge in [0.25, 0.3) is 11.7 Å². The first-order valence-electron chi connectivity index (χ1n) is 11.4. The number of Topliss-reactive ketones (excluding diaryl/α,β-unsaturated/α-hetero) is 1. The number of carbonyl (C=O) groups excluding carboxylic acids is 3. The topological polar surface area (TPSA) is 93.1 Å². The maximum atomic E-state index is 13.4. The lowest BCUT2D eigenvalue weighted by atomic mass is 9.93. The molecule has 7 heteroatoms. The molecule has 0 aliphatic carbocycles. The molecule has 36 heavy (non-hydrogen) atoms. The van der Waals surface area contributed by atoms with Crippen molar-refractivity contribution in [3.63, 3.8) is 0 Å². The van der Waals surface area contributed by atoms with E-state index in [0.717, 1.165) is 11.1 Å². The fraction of sp³-hybridized carbons (Fsp3) is 0.207. The van der Waals surface area contributed by atoms with E-state index in [0.29, 0.717) is 28.1 Å². The van der Waals surface area contributed by atoms with E-state index in [-0.39, 0.29) is 17.1 Å². The maximum Gasteiger partial charge on any atom is 0.308 e. The van der Waals surface area contributed by atoms with Gasteiger partial charge in [0.2, 0.25) is 0 Å². The maximum absolute atomic E-state index is 13.4. The lowest BCUT2D eigenvalue weighted by Gasteiger charge is -2.26. The monoisotopic (exact) mass is 485 g/mol. The number of aliphatic hydroxyl groups excluding tert-OH is 1. The Bertz CT molecular complexity index is 1400. The molecule has 1 aliphatic rings. The van der Waals surface area contributed by atoms with Crippen LogP contribution >= 0.6 is 0 Å². The minimum absolute atomic E-state index is 0.0487. The first-order chi connectivity index (χ1) is 17.1. The molecule has 0 spiro atoms. The summed E-state index contributed by atoms with van der Waals surface area (Å²) in [6.45, 7) is 6.89. The van der Waals surface area contributed by atoms with Crippen LogP contribution in [0, 0.1) is 20.8 Å². The number of methoxy groups -OCH3 is 1. The summed E-state index contributed by atoms with van der Waals surface area (Å²) >= 11 is 0.